The second-order valence-corrected chi connectivity index (χ2v) is 3.86. The van der Waals surface area contributed by atoms with Gasteiger partial charge < -0.3 is 4.74 Å². The quantitative estimate of drug-likeness (QED) is 0.326. The molecule has 0 aliphatic carbocycles. The zero-order valence-corrected chi connectivity index (χ0v) is 9.04. The Bertz CT molecular complexity index is 369. The standard InChI is InChI=1S/C9H9NO4Si/c1-15-9(6-11)14-8-4-2-3-7(5-8)10(12)13/h2-6,9H,1H3. The number of nitro groups is 1. The minimum absolute atomic E-state index is 0.0448. The fourth-order valence-corrected chi connectivity index (χ4v) is 1.36. The van der Waals surface area contributed by atoms with Gasteiger partial charge in [0.1, 0.15) is 21.0 Å². The number of rotatable bonds is 5. The van der Waals surface area contributed by atoms with Gasteiger partial charge in [-0.2, -0.15) is 0 Å². The lowest BCUT2D eigenvalue weighted by atomic mass is 10.3. The van der Waals surface area contributed by atoms with Crippen LogP contribution in [0.3, 0.4) is 0 Å². The van der Waals surface area contributed by atoms with Crippen molar-refractivity contribution in [1.29, 1.82) is 0 Å². The highest BCUT2D eigenvalue weighted by Gasteiger charge is 2.10. The first kappa shape index (κ1) is 11.4. The van der Waals surface area contributed by atoms with E-state index < -0.39 is 10.7 Å². The maximum Gasteiger partial charge on any atom is 0.273 e. The van der Waals surface area contributed by atoms with E-state index in [-0.39, 0.29) is 5.69 Å². The van der Waals surface area contributed by atoms with Crippen molar-refractivity contribution in [2.75, 3.05) is 0 Å². The molecule has 15 heavy (non-hydrogen) atoms. The molecule has 0 heterocycles. The number of aldehydes is 1. The van der Waals surface area contributed by atoms with E-state index in [1.807, 2.05) is 6.55 Å². The van der Waals surface area contributed by atoms with E-state index in [1.54, 1.807) is 6.07 Å². The summed E-state index contributed by atoms with van der Waals surface area (Å²) in [5.74, 6) is 0.343. The molecule has 1 unspecified atom stereocenters. The first-order valence-corrected chi connectivity index (χ1v) is 5.79. The maximum absolute atomic E-state index is 10.5. The molecular formula is C9H9NO4Si. The molecule has 78 valence electrons. The van der Waals surface area contributed by atoms with Gasteiger partial charge in [-0.05, 0) is 6.07 Å². The highest BCUT2D eigenvalue weighted by Crippen LogP contribution is 2.19. The number of hydrogen-bond donors (Lipinski definition) is 0. The lowest BCUT2D eigenvalue weighted by Crippen LogP contribution is -2.23. The molecule has 0 fully saturated rings. The molecular weight excluding hydrogens is 214 g/mol. The van der Waals surface area contributed by atoms with Gasteiger partial charge in [0.25, 0.3) is 5.69 Å². The summed E-state index contributed by atoms with van der Waals surface area (Å²) in [5, 5.41) is 10.5. The number of nitrogens with zero attached hydrogens (tertiary/aromatic N) is 1. The molecule has 6 heteroatoms. The third-order valence-corrected chi connectivity index (χ3v) is 2.52. The van der Waals surface area contributed by atoms with Crippen LogP contribution in [0, 0.1) is 10.1 Å². The monoisotopic (exact) mass is 223 g/mol. The van der Waals surface area contributed by atoms with Gasteiger partial charge in [-0.3, -0.25) is 14.9 Å². The van der Waals surface area contributed by atoms with Crippen molar-refractivity contribution >= 4 is 21.5 Å². The Labute approximate surface area is 89.0 Å². The average Bonchev–Trinajstić information content (AvgIpc) is 2.26. The van der Waals surface area contributed by atoms with Crippen molar-refractivity contribution in [3.8, 4) is 5.75 Å². The summed E-state index contributed by atoms with van der Waals surface area (Å²) >= 11 is 0. The van der Waals surface area contributed by atoms with Crippen LogP contribution < -0.4 is 4.74 Å². The lowest BCUT2D eigenvalue weighted by molar-refractivity contribution is -0.384. The van der Waals surface area contributed by atoms with Crippen LogP contribution >= 0.6 is 0 Å². The van der Waals surface area contributed by atoms with E-state index in [9.17, 15) is 14.9 Å². The van der Waals surface area contributed by atoms with E-state index in [0.717, 1.165) is 0 Å². The summed E-state index contributed by atoms with van der Waals surface area (Å²) in [6.45, 7) is 1.83. The van der Waals surface area contributed by atoms with Crippen molar-refractivity contribution in [3.63, 3.8) is 0 Å². The first-order valence-electron chi connectivity index (χ1n) is 4.21. The molecule has 0 amide bonds. The number of ether oxygens (including phenoxy) is 1. The lowest BCUT2D eigenvalue weighted by Gasteiger charge is -2.10. The molecule has 1 atom stereocenters. The molecule has 1 aromatic carbocycles. The van der Waals surface area contributed by atoms with Gasteiger partial charge >= 0.3 is 0 Å². The van der Waals surface area contributed by atoms with Gasteiger partial charge in [0.05, 0.1) is 11.0 Å². The minimum Gasteiger partial charge on any atom is -0.487 e. The van der Waals surface area contributed by atoms with Crippen LogP contribution in [0.5, 0.6) is 5.75 Å². The predicted molar refractivity (Wildman–Crippen MR) is 55.2 cm³/mol. The molecule has 1 rings (SSSR count). The third-order valence-electron chi connectivity index (χ3n) is 1.70. The number of benzene rings is 1. The second-order valence-electron chi connectivity index (χ2n) is 2.72. The van der Waals surface area contributed by atoms with E-state index >= 15 is 0 Å². The maximum atomic E-state index is 10.5. The fourth-order valence-electron chi connectivity index (χ4n) is 0.972. The number of non-ortho nitro benzene ring substituents is 1. The van der Waals surface area contributed by atoms with Gasteiger partial charge in [-0.25, -0.2) is 0 Å². The van der Waals surface area contributed by atoms with Crippen LogP contribution in [0.25, 0.3) is 0 Å². The third kappa shape index (κ3) is 3.17. The average molecular weight is 223 g/mol. The normalized spacial score (nSPS) is 11.8. The summed E-state index contributed by atoms with van der Waals surface area (Å²) < 4.78 is 5.24. The van der Waals surface area contributed by atoms with Gasteiger partial charge in [-0.15, -0.1) is 0 Å². The number of carbonyl (C=O) groups excluding carboxylic acids is 1. The minimum atomic E-state index is -0.521. The number of carbonyl (C=O) groups is 1. The summed E-state index contributed by atoms with van der Waals surface area (Å²) in [5.41, 5.74) is -0.566. The van der Waals surface area contributed by atoms with Gasteiger partial charge in [-0.1, -0.05) is 12.6 Å². The van der Waals surface area contributed by atoms with Gasteiger partial charge in [0.2, 0.25) is 0 Å². The molecule has 0 bridgehead atoms. The molecule has 0 aromatic heterocycles. The Morgan fingerprint density at radius 1 is 1.60 bits per heavy atom. The number of nitro benzene ring substituents is 1. The van der Waals surface area contributed by atoms with Crippen LogP contribution in [-0.4, -0.2) is 26.5 Å². The van der Waals surface area contributed by atoms with Gasteiger partial charge in [0.15, 0.2) is 6.29 Å². The Hall–Kier alpha value is -1.69. The van der Waals surface area contributed by atoms with Crippen molar-refractivity contribution in [2.45, 2.75) is 12.3 Å². The van der Waals surface area contributed by atoms with Crippen LogP contribution in [-0.2, 0) is 4.79 Å². The SMILES string of the molecule is C[Si]C(C=O)Oc1cccc([N+](=O)[O-])c1. The van der Waals surface area contributed by atoms with Crippen molar-refractivity contribution in [2.24, 2.45) is 0 Å². The molecule has 2 radical (unpaired) electrons. The largest absolute Gasteiger partial charge is 0.487 e. The van der Waals surface area contributed by atoms with Crippen molar-refractivity contribution in [1.82, 2.24) is 0 Å². The molecule has 0 aliphatic rings. The molecule has 0 saturated carbocycles. The Morgan fingerprint density at radius 3 is 2.87 bits per heavy atom. The molecule has 5 nitrogen and oxygen atoms in total. The van der Waals surface area contributed by atoms with E-state index in [4.69, 9.17) is 4.74 Å². The molecule has 0 saturated heterocycles. The molecule has 0 aliphatic heterocycles. The smallest absolute Gasteiger partial charge is 0.273 e. The van der Waals surface area contributed by atoms with Crippen LogP contribution in [0.4, 0.5) is 5.69 Å². The predicted octanol–water partition coefficient (Wildman–Crippen LogP) is 1.25. The van der Waals surface area contributed by atoms with E-state index in [0.29, 0.717) is 21.6 Å². The summed E-state index contributed by atoms with van der Waals surface area (Å²) in [4.78, 5) is 20.5. The van der Waals surface area contributed by atoms with Crippen LogP contribution in [0.15, 0.2) is 24.3 Å². The zero-order chi connectivity index (χ0) is 11.3. The van der Waals surface area contributed by atoms with Crippen molar-refractivity contribution < 1.29 is 14.5 Å². The molecule has 0 N–H and O–H groups in total. The topological polar surface area (TPSA) is 69.4 Å². The second kappa shape index (κ2) is 5.25. The summed E-state index contributed by atoms with van der Waals surface area (Å²) in [6, 6.07) is 5.78. The molecule has 1 aromatic rings. The van der Waals surface area contributed by atoms with Crippen LogP contribution in [0.2, 0.25) is 6.55 Å². The Balaban J connectivity index is 2.81. The fraction of sp³-hybridized carbons (Fsp3) is 0.222. The Morgan fingerprint density at radius 2 is 2.33 bits per heavy atom. The van der Waals surface area contributed by atoms with Crippen LogP contribution in [0.1, 0.15) is 0 Å². The van der Waals surface area contributed by atoms with Gasteiger partial charge in [0, 0.05) is 6.07 Å². The van der Waals surface area contributed by atoms with E-state index in [1.165, 1.54) is 18.2 Å². The highest BCUT2D eigenvalue weighted by molar-refractivity contribution is 6.40. The first-order chi connectivity index (χ1) is 7.17. The highest BCUT2D eigenvalue weighted by atomic mass is 28.2. The summed E-state index contributed by atoms with van der Waals surface area (Å²) in [6.07, 6.45) is 0.692. The van der Waals surface area contributed by atoms with Crippen molar-refractivity contribution in [3.05, 3.63) is 34.4 Å². The Kier molecular flexibility index (Phi) is 3.99. The molecule has 0 spiro atoms. The number of hydrogen-bond acceptors (Lipinski definition) is 4. The summed E-state index contributed by atoms with van der Waals surface area (Å²) in [7, 11) is 0.306. The zero-order valence-electron chi connectivity index (χ0n) is 8.04. The van der Waals surface area contributed by atoms with E-state index in [2.05, 4.69) is 0 Å².